The van der Waals surface area contributed by atoms with E-state index in [4.69, 9.17) is 0 Å². The van der Waals surface area contributed by atoms with Gasteiger partial charge >= 0.3 is 0 Å². The topological polar surface area (TPSA) is 104 Å². The Hall–Kier alpha value is -3.09. The second kappa shape index (κ2) is 10.7. The summed E-state index contributed by atoms with van der Waals surface area (Å²) in [6.07, 6.45) is 2.90. The van der Waals surface area contributed by atoms with E-state index in [1.165, 1.54) is 55.2 Å². The zero-order valence-electron chi connectivity index (χ0n) is 19.2. The van der Waals surface area contributed by atoms with Crippen molar-refractivity contribution in [2.45, 2.75) is 9.79 Å². The van der Waals surface area contributed by atoms with Crippen LogP contribution in [0.25, 0.3) is 0 Å². The van der Waals surface area contributed by atoms with E-state index >= 15 is 0 Å². The van der Waals surface area contributed by atoms with E-state index in [-0.39, 0.29) is 16.3 Å². The van der Waals surface area contributed by atoms with Gasteiger partial charge < -0.3 is 5.32 Å². The van der Waals surface area contributed by atoms with Gasteiger partial charge in [0.2, 0.25) is 15.9 Å². The lowest BCUT2D eigenvalue weighted by molar-refractivity contribution is -0.114. The van der Waals surface area contributed by atoms with Crippen molar-refractivity contribution < 1.29 is 26.0 Å². The SMILES string of the molecule is CSc1ccc(S(=O)(=O)N(CC(=O)Nc2cccc(N(C)S(C)(=O)=O)c2)c2cccc(F)c2)cc1. The van der Waals surface area contributed by atoms with Crippen molar-refractivity contribution in [3.63, 3.8) is 0 Å². The van der Waals surface area contributed by atoms with Gasteiger partial charge in [0.25, 0.3) is 10.0 Å². The van der Waals surface area contributed by atoms with Crippen molar-refractivity contribution in [1.82, 2.24) is 0 Å². The van der Waals surface area contributed by atoms with Crippen molar-refractivity contribution in [3.8, 4) is 0 Å². The zero-order valence-corrected chi connectivity index (χ0v) is 21.6. The van der Waals surface area contributed by atoms with Gasteiger partial charge in [-0.2, -0.15) is 0 Å². The van der Waals surface area contributed by atoms with Crippen molar-refractivity contribution in [2.24, 2.45) is 0 Å². The summed E-state index contributed by atoms with van der Waals surface area (Å²) in [6, 6.07) is 17.2. The summed E-state index contributed by atoms with van der Waals surface area (Å²) in [5.41, 5.74) is 0.567. The van der Waals surface area contributed by atoms with Gasteiger partial charge in [0, 0.05) is 17.6 Å². The molecule has 0 aliphatic carbocycles. The van der Waals surface area contributed by atoms with Crippen LogP contribution in [-0.2, 0) is 24.8 Å². The van der Waals surface area contributed by atoms with Crippen molar-refractivity contribution in [2.75, 3.05) is 40.0 Å². The van der Waals surface area contributed by atoms with Gasteiger partial charge in [0.15, 0.2) is 0 Å². The molecule has 0 fully saturated rings. The Balaban J connectivity index is 1.92. The number of benzene rings is 3. The van der Waals surface area contributed by atoms with Gasteiger partial charge in [-0.05, 0) is 66.9 Å². The number of thioether (sulfide) groups is 1. The molecule has 3 aromatic carbocycles. The summed E-state index contributed by atoms with van der Waals surface area (Å²) >= 11 is 1.45. The molecule has 186 valence electrons. The fourth-order valence-corrected chi connectivity index (χ4v) is 5.44. The first-order valence-electron chi connectivity index (χ1n) is 10.2. The van der Waals surface area contributed by atoms with Gasteiger partial charge in [0.05, 0.1) is 22.5 Å². The quantitative estimate of drug-likeness (QED) is 0.417. The number of anilines is 3. The number of hydrogen-bond donors (Lipinski definition) is 1. The van der Waals surface area contributed by atoms with E-state index in [9.17, 15) is 26.0 Å². The van der Waals surface area contributed by atoms with Gasteiger partial charge in [-0.25, -0.2) is 21.2 Å². The summed E-state index contributed by atoms with van der Waals surface area (Å²) in [7, 11) is -6.36. The van der Waals surface area contributed by atoms with Crippen molar-refractivity contribution >= 4 is 54.8 Å². The highest BCUT2D eigenvalue weighted by atomic mass is 32.2. The van der Waals surface area contributed by atoms with Crippen LogP contribution in [0.1, 0.15) is 0 Å². The highest BCUT2D eigenvalue weighted by Crippen LogP contribution is 2.26. The molecule has 1 amide bonds. The Labute approximate surface area is 208 Å². The molecular weight excluding hydrogens is 513 g/mol. The Bertz CT molecular complexity index is 1430. The number of rotatable bonds is 9. The van der Waals surface area contributed by atoms with Crippen molar-refractivity contribution in [1.29, 1.82) is 0 Å². The van der Waals surface area contributed by atoms with Crippen LogP contribution in [0.3, 0.4) is 0 Å². The molecule has 0 unspecified atom stereocenters. The van der Waals surface area contributed by atoms with Gasteiger partial charge in [0.1, 0.15) is 12.4 Å². The molecule has 0 bridgehead atoms. The lowest BCUT2D eigenvalue weighted by atomic mass is 10.2. The standard InChI is InChI=1S/C23H24FN3O5S3/c1-26(34(3,29)30)19-8-5-7-18(15-19)25-23(28)16-27(20-9-4-6-17(24)14-20)35(31,32)22-12-10-21(33-2)11-13-22/h4-15H,16H2,1-3H3,(H,25,28). The molecule has 3 rings (SSSR count). The molecule has 0 aromatic heterocycles. The highest BCUT2D eigenvalue weighted by Gasteiger charge is 2.27. The smallest absolute Gasteiger partial charge is 0.264 e. The molecule has 3 aromatic rings. The van der Waals surface area contributed by atoms with E-state index in [1.807, 2.05) is 6.26 Å². The average molecular weight is 538 g/mol. The normalized spacial score (nSPS) is 11.7. The molecule has 0 radical (unpaired) electrons. The first-order valence-corrected chi connectivity index (χ1v) is 14.7. The predicted molar refractivity (Wildman–Crippen MR) is 137 cm³/mol. The fourth-order valence-electron chi connectivity index (χ4n) is 3.12. The maximum absolute atomic E-state index is 13.9. The van der Waals surface area contributed by atoms with Crippen LogP contribution >= 0.6 is 11.8 Å². The minimum absolute atomic E-state index is 0.0142. The number of nitrogens with zero attached hydrogens (tertiary/aromatic N) is 2. The molecule has 0 atom stereocenters. The first-order chi connectivity index (χ1) is 16.4. The van der Waals surface area contributed by atoms with Crippen LogP contribution in [0.15, 0.2) is 82.6 Å². The van der Waals surface area contributed by atoms with Crippen LogP contribution in [0.4, 0.5) is 21.5 Å². The molecule has 0 aliphatic rings. The van der Waals surface area contributed by atoms with Gasteiger partial charge in [-0.15, -0.1) is 11.8 Å². The van der Waals surface area contributed by atoms with E-state index < -0.39 is 38.3 Å². The zero-order chi connectivity index (χ0) is 25.8. The summed E-state index contributed by atoms with van der Waals surface area (Å²) in [5, 5.41) is 2.58. The number of hydrogen-bond acceptors (Lipinski definition) is 6. The monoisotopic (exact) mass is 537 g/mol. The molecule has 0 spiro atoms. The minimum Gasteiger partial charge on any atom is -0.324 e. The predicted octanol–water partition coefficient (Wildman–Crippen LogP) is 3.78. The fraction of sp³-hybridized carbons (Fsp3) is 0.174. The lowest BCUT2D eigenvalue weighted by Gasteiger charge is -2.24. The molecular formula is C23H24FN3O5S3. The summed E-state index contributed by atoms with van der Waals surface area (Å²) in [6.45, 7) is -0.637. The van der Waals surface area contributed by atoms with E-state index in [0.717, 1.165) is 25.8 Å². The lowest BCUT2D eigenvalue weighted by Crippen LogP contribution is -2.38. The molecule has 0 saturated heterocycles. The molecule has 8 nitrogen and oxygen atoms in total. The molecule has 1 N–H and O–H groups in total. The van der Waals surface area contributed by atoms with E-state index in [1.54, 1.807) is 30.3 Å². The van der Waals surface area contributed by atoms with E-state index in [0.29, 0.717) is 5.69 Å². The van der Waals surface area contributed by atoms with E-state index in [2.05, 4.69) is 5.32 Å². The molecule has 0 heterocycles. The van der Waals surface area contributed by atoms with Crippen molar-refractivity contribution in [3.05, 3.63) is 78.6 Å². The van der Waals surface area contributed by atoms with Crippen LogP contribution in [0.5, 0.6) is 0 Å². The van der Waals surface area contributed by atoms with Crippen LogP contribution in [0, 0.1) is 5.82 Å². The first kappa shape index (κ1) is 26.5. The Morgan fingerprint density at radius 3 is 2.17 bits per heavy atom. The maximum Gasteiger partial charge on any atom is 0.264 e. The molecule has 0 aliphatic heterocycles. The van der Waals surface area contributed by atoms with Gasteiger partial charge in [-0.1, -0.05) is 12.1 Å². The Morgan fingerprint density at radius 2 is 1.57 bits per heavy atom. The number of carbonyl (C=O) groups excluding carboxylic acids is 1. The second-order valence-corrected chi connectivity index (χ2v) is 12.3. The average Bonchev–Trinajstić information content (AvgIpc) is 2.81. The highest BCUT2D eigenvalue weighted by molar-refractivity contribution is 7.98. The Morgan fingerprint density at radius 1 is 0.943 bits per heavy atom. The Kier molecular flexibility index (Phi) is 8.08. The largest absolute Gasteiger partial charge is 0.324 e. The number of sulfonamides is 2. The third kappa shape index (κ3) is 6.53. The third-order valence-corrected chi connectivity index (χ3v) is 8.76. The molecule has 0 saturated carbocycles. The molecule has 35 heavy (non-hydrogen) atoms. The van der Waals surface area contributed by atoms with Crippen LogP contribution in [0.2, 0.25) is 0 Å². The maximum atomic E-state index is 13.9. The second-order valence-electron chi connectivity index (χ2n) is 7.50. The number of carbonyl (C=O) groups is 1. The third-order valence-electron chi connectivity index (χ3n) is 5.02. The van der Waals surface area contributed by atoms with Gasteiger partial charge in [-0.3, -0.25) is 13.4 Å². The number of nitrogens with one attached hydrogen (secondary N) is 1. The minimum atomic E-state index is -4.22. The summed E-state index contributed by atoms with van der Waals surface area (Å²) in [4.78, 5) is 13.7. The van der Waals surface area contributed by atoms with Crippen LogP contribution in [-0.4, -0.2) is 48.8 Å². The summed E-state index contributed by atoms with van der Waals surface area (Å²) in [5.74, 6) is -1.35. The number of halogens is 1. The van der Waals surface area contributed by atoms with Crippen LogP contribution < -0.4 is 13.9 Å². The summed E-state index contributed by atoms with van der Waals surface area (Å²) < 4.78 is 66.3. The molecule has 12 heteroatoms. The number of amides is 1.